The molecule has 2 aromatic heterocycles. The molecule has 1 amide bonds. The second-order valence-electron chi connectivity index (χ2n) is 9.33. The average molecular weight is 444 g/mol. The minimum absolute atomic E-state index is 0.281. The highest BCUT2D eigenvalue weighted by Crippen LogP contribution is 2.32. The summed E-state index contributed by atoms with van der Waals surface area (Å²) >= 11 is 0. The van der Waals surface area contributed by atoms with E-state index >= 15 is 0 Å². The number of ether oxygens (including phenoxy) is 2. The van der Waals surface area contributed by atoms with Crippen LogP contribution in [0.2, 0.25) is 0 Å². The summed E-state index contributed by atoms with van der Waals surface area (Å²) in [5, 5.41) is 0. The number of hydrogen-bond acceptors (Lipinski definition) is 7. The van der Waals surface area contributed by atoms with Gasteiger partial charge in [-0.05, 0) is 44.1 Å². The predicted octanol–water partition coefficient (Wildman–Crippen LogP) is 2.19. The van der Waals surface area contributed by atoms with Gasteiger partial charge in [0.05, 0.1) is 13.4 Å². The number of benzene rings is 1. The number of anilines is 1. The smallest absolute Gasteiger partial charge is 0.410 e. The maximum atomic E-state index is 12.4. The minimum atomic E-state index is -0.510. The first kappa shape index (κ1) is 21.3. The van der Waals surface area contributed by atoms with Crippen molar-refractivity contribution < 1.29 is 14.3 Å². The maximum absolute atomic E-state index is 12.4. The highest BCUT2D eigenvalue weighted by Gasteiger charge is 2.35. The Morgan fingerprint density at radius 3 is 2.48 bits per heavy atom. The monoisotopic (exact) mass is 444 g/mol. The summed E-state index contributed by atoms with van der Waals surface area (Å²) in [6.45, 7) is 8.07. The van der Waals surface area contributed by atoms with Crippen molar-refractivity contribution in [1.82, 2.24) is 24.8 Å². The van der Waals surface area contributed by atoms with Gasteiger partial charge in [0.2, 0.25) is 5.95 Å². The molecule has 168 valence electrons. The van der Waals surface area contributed by atoms with Gasteiger partial charge in [-0.1, -0.05) is 11.5 Å². The van der Waals surface area contributed by atoms with Gasteiger partial charge in [0.25, 0.3) is 0 Å². The van der Waals surface area contributed by atoms with Crippen LogP contribution in [0.25, 0.3) is 22.4 Å². The highest BCUT2D eigenvalue weighted by atomic mass is 16.6. The summed E-state index contributed by atoms with van der Waals surface area (Å²) < 4.78 is 10.8. The normalized spacial score (nSPS) is 16.0. The Kier molecular flexibility index (Phi) is 5.03. The van der Waals surface area contributed by atoms with Gasteiger partial charge in [-0.3, -0.25) is 0 Å². The van der Waals surface area contributed by atoms with Gasteiger partial charge in [0.1, 0.15) is 30.4 Å². The van der Waals surface area contributed by atoms with E-state index in [4.69, 9.17) is 22.3 Å². The number of aromatic nitrogens is 4. The summed E-state index contributed by atoms with van der Waals surface area (Å²) in [5.41, 5.74) is 5.36. The quantitative estimate of drug-likeness (QED) is 0.489. The Hall–Kier alpha value is -3.56. The fourth-order valence-corrected chi connectivity index (χ4v) is 4.23. The van der Waals surface area contributed by atoms with Crippen molar-refractivity contribution in [3.05, 3.63) is 35.7 Å². The van der Waals surface area contributed by atoms with E-state index in [9.17, 15) is 4.79 Å². The number of rotatable bonds is 3. The van der Waals surface area contributed by atoms with Crippen LogP contribution in [0.5, 0.6) is 5.75 Å². The Labute approximate surface area is 193 Å². The van der Waals surface area contributed by atoms with E-state index in [0.29, 0.717) is 49.0 Å². The number of carbonyl (C=O) groups excluding carboxylic acids is 1. The van der Waals surface area contributed by atoms with E-state index < -0.39 is 5.60 Å². The van der Waals surface area contributed by atoms with Crippen LogP contribution in [0, 0.1) is 0 Å². The molecule has 4 heterocycles. The lowest BCUT2D eigenvalue weighted by atomic mass is 9.92. The third-order valence-corrected chi connectivity index (χ3v) is 5.74. The summed E-state index contributed by atoms with van der Waals surface area (Å²) in [5.74, 6) is 1.21. The maximum Gasteiger partial charge on any atom is 0.410 e. The fourth-order valence-electron chi connectivity index (χ4n) is 4.23. The van der Waals surface area contributed by atoms with Crippen LogP contribution in [0.1, 0.15) is 20.8 Å². The lowest BCUT2D eigenvalue weighted by molar-refractivity contribution is 0.0297. The molecule has 2 aliphatic heterocycles. The van der Waals surface area contributed by atoms with Crippen molar-refractivity contribution in [3.63, 3.8) is 0 Å². The molecule has 2 aliphatic rings. The highest BCUT2D eigenvalue weighted by molar-refractivity contribution is 6.34. The zero-order chi connectivity index (χ0) is 23.3. The van der Waals surface area contributed by atoms with Gasteiger partial charge in [0.15, 0.2) is 5.65 Å². The van der Waals surface area contributed by atoms with Crippen molar-refractivity contribution in [1.29, 1.82) is 0 Å². The van der Waals surface area contributed by atoms with Crippen LogP contribution in [0.4, 0.5) is 10.7 Å². The standard InChI is InChI=1S/C23H25BN6O3/c1-23(2,3)33-22(31)30-10-14-8-29(9-15(14)11-30)21-27-18(19-20(28-21)26-12-25-19)13-5-6-17(32-4)16(24)7-13/h5-7,12H,8-11H2,1-4H3,(H,25,26,27,28). The zero-order valence-electron chi connectivity index (χ0n) is 19.2. The Bertz CT molecular complexity index is 1260. The first-order chi connectivity index (χ1) is 15.7. The van der Waals surface area contributed by atoms with Crippen molar-refractivity contribution in [2.45, 2.75) is 26.4 Å². The van der Waals surface area contributed by atoms with E-state index in [2.05, 4.69) is 19.9 Å². The number of H-pyrrole nitrogens is 1. The largest absolute Gasteiger partial charge is 0.497 e. The van der Waals surface area contributed by atoms with E-state index in [1.807, 2.05) is 39.0 Å². The van der Waals surface area contributed by atoms with E-state index in [0.717, 1.165) is 16.8 Å². The molecule has 1 aromatic carbocycles. The van der Waals surface area contributed by atoms with Gasteiger partial charge in [0, 0.05) is 31.7 Å². The summed E-state index contributed by atoms with van der Waals surface area (Å²) in [6.07, 6.45) is 1.33. The molecule has 10 heteroatoms. The molecule has 33 heavy (non-hydrogen) atoms. The number of methoxy groups -OCH3 is 1. The van der Waals surface area contributed by atoms with Crippen LogP contribution < -0.4 is 15.1 Å². The molecule has 9 nitrogen and oxygen atoms in total. The number of hydrogen-bond donors (Lipinski definition) is 1. The van der Waals surface area contributed by atoms with Crippen molar-refractivity contribution in [2.75, 3.05) is 38.2 Å². The number of fused-ring (bicyclic) bond motifs is 1. The fraction of sp³-hybridized carbons (Fsp3) is 0.391. The summed E-state index contributed by atoms with van der Waals surface area (Å²) in [7, 11) is 7.72. The third-order valence-electron chi connectivity index (χ3n) is 5.74. The number of amides is 1. The average Bonchev–Trinajstić information content (AvgIpc) is 3.46. The molecule has 0 bridgehead atoms. The minimum Gasteiger partial charge on any atom is -0.497 e. The number of nitrogens with zero attached hydrogens (tertiary/aromatic N) is 5. The van der Waals surface area contributed by atoms with Crippen LogP contribution in [0.3, 0.4) is 0 Å². The first-order valence-corrected chi connectivity index (χ1v) is 10.8. The molecule has 5 rings (SSSR count). The Morgan fingerprint density at radius 2 is 1.85 bits per heavy atom. The molecular weight excluding hydrogens is 419 g/mol. The second kappa shape index (κ2) is 7.79. The van der Waals surface area contributed by atoms with Crippen LogP contribution in [-0.2, 0) is 4.74 Å². The Balaban J connectivity index is 1.38. The SMILES string of the molecule is [B]c1cc(-c2nc(N3CC4=C(CN(C(=O)OC(C)(C)C)C4)C3)nc3nc[nH]c23)ccc1OC. The molecule has 0 atom stereocenters. The molecule has 0 fully saturated rings. The van der Waals surface area contributed by atoms with Gasteiger partial charge in [-0.2, -0.15) is 4.98 Å². The Morgan fingerprint density at radius 1 is 1.12 bits per heavy atom. The molecule has 0 aliphatic carbocycles. The molecule has 2 radical (unpaired) electrons. The molecule has 0 saturated heterocycles. The van der Waals surface area contributed by atoms with Gasteiger partial charge in [-0.25, -0.2) is 14.8 Å². The van der Waals surface area contributed by atoms with Crippen molar-refractivity contribution in [3.8, 4) is 17.0 Å². The van der Waals surface area contributed by atoms with Gasteiger partial charge in [-0.15, -0.1) is 0 Å². The van der Waals surface area contributed by atoms with Crippen molar-refractivity contribution in [2.24, 2.45) is 0 Å². The van der Waals surface area contributed by atoms with E-state index in [1.165, 1.54) is 11.1 Å². The van der Waals surface area contributed by atoms with Crippen LogP contribution in [-0.4, -0.2) is 77.7 Å². The number of nitrogens with one attached hydrogen (secondary N) is 1. The summed E-state index contributed by atoms with van der Waals surface area (Å²) in [4.78, 5) is 33.3. The lowest BCUT2D eigenvalue weighted by Gasteiger charge is -2.26. The van der Waals surface area contributed by atoms with Crippen LogP contribution >= 0.6 is 0 Å². The lowest BCUT2D eigenvalue weighted by Crippen LogP contribution is -2.38. The zero-order valence-corrected chi connectivity index (χ0v) is 19.2. The number of imidazole rings is 1. The molecule has 0 unspecified atom stereocenters. The molecular formula is C23H25BN6O3. The van der Waals surface area contributed by atoms with Gasteiger partial charge < -0.3 is 24.3 Å². The van der Waals surface area contributed by atoms with Crippen LogP contribution in [0.15, 0.2) is 35.7 Å². The molecule has 1 N–H and O–H groups in total. The first-order valence-electron chi connectivity index (χ1n) is 10.8. The number of aromatic amines is 1. The topological polar surface area (TPSA) is 96.5 Å². The van der Waals surface area contributed by atoms with E-state index in [1.54, 1.807) is 18.3 Å². The molecule has 0 saturated carbocycles. The predicted molar refractivity (Wildman–Crippen MR) is 126 cm³/mol. The molecule has 3 aromatic rings. The number of carbonyl (C=O) groups is 1. The molecule has 0 spiro atoms. The van der Waals surface area contributed by atoms with E-state index in [-0.39, 0.29) is 6.09 Å². The van der Waals surface area contributed by atoms with Gasteiger partial charge >= 0.3 is 6.09 Å². The third kappa shape index (κ3) is 4.01. The summed E-state index contributed by atoms with van der Waals surface area (Å²) in [6, 6.07) is 5.58. The second-order valence-corrected chi connectivity index (χ2v) is 9.33. The van der Waals surface area contributed by atoms with Crippen molar-refractivity contribution >= 4 is 36.5 Å².